The van der Waals surface area contributed by atoms with Crippen molar-refractivity contribution >= 4 is 0 Å². The standard InChI is InChI=1S/C16H18O/c1-11-8-9-15(13(3)12(11)2)16-7-5-4-6-14(16)10-17/h4-9,17H,10H2,1-3H3. The minimum Gasteiger partial charge on any atom is -0.392 e. The summed E-state index contributed by atoms with van der Waals surface area (Å²) >= 11 is 0. The van der Waals surface area contributed by atoms with Gasteiger partial charge in [0.15, 0.2) is 0 Å². The summed E-state index contributed by atoms with van der Waals surface area (Å²) in [6.07, 6.45) is 0. The highest BCUT2D eigenvalue weighted by Gasteiger charge is 2.08. The van der Waals surface area contributed by atoms with E-state index in [2.05, 4.69) is 39.0 Å². The molecule has 1 nitrogen and oxygen atoms in total. The average Bonchev–Trinajstić information content (AvgIpc) is 2.36. The van der Waals surface area contributed by atoms with Crippen molar-refractivity contribution in [2.24, 2.45) is 0 Å². The molecule has 2 rings (SSSR count). The molecule has 0 aliphatic heterocycles. The van der Waals surface area contributed by atoms with E-state index in [0.717, 1.165) is 11.1 Å². The van der Waals surface area contributed by atoms with Gasteiger partial charge in [-0.2, -0.15) is 0 Å². The molecule has 0 aliphatic carbocycles. The second-order valence-electron chi connectivity index (χ2n) is 4.50. The summed E-state index contributed by atoms with van der Waals surface area (Å²) in [5, 5.41) is 9.39. The minimum absolute atomic E-state index is 0.0859. The van der Waals surface area contributed by atoms with Gasteiger partial charge in [0.05, 0.1) is 6.61 Å². The van der Waals surface area contributed by atoms with Gasteiger partial charge in [0, 0.05) is 0 Å². The van der Waals surface area contributed by atoms with Crippen LogP contribution in [-0.4, -0.2) is 5.11 Å². The molecule has 1 N–H and O–H groups in total. The highest BCUT2D eigenvalue weighted by atomic mass is 16.3. The van der Waals surface area contributed by atoms with Crippen molar-refractivity contribution < 1.29 is 5.11 Å². The molecule has 0 radical (unpaired) electrons. The van der Waals surface area contributed by atoms with E-state index >= 15 is 0 Å². The van der Waals surface area contributed by atoms with E-state index < -0.39 is 0 Å². The van der Waals surface area contributed by atoms with Gasteiger partial charge in [-0.05, 0) is 54.2 Å². The predicted octanol–water partition coefficient (Wildman–Crippen LogP) is 3.77. The Morgan fingerprint density at radius 2 is 1.53 bits per heavy atom. The Bertz CT molecular complexity index is 541. The van der Waals surface area contributed by atoms with Crippen molar-refractivity contribution in [1.82, 2.24) is 0 Å². The predicted molar refractivity (Wildman–Crippen MR) is 72.0 cm³/mol. The Balaban J connectivity index is 2.65. The number of hydrogen-bond donors (Lipinski definition) is 1. The Labute approximate surface area is 103 Å². The SMILES string of the molecule is Cc1ccc(-c2ccccc2CO)c(C)c1C. The number of hydrogen-bond acceptors (Lipinski definition) is 1. The Hall–Kier alpha value is -1.60. The van der Waals surface area contributed by atoms with E-state index in [9.17, 15) is 5.11 Å². The fourth-order valence-corrected chi connectivity index (χ4v) is 2.17. The smallest absolute Gasteiger partial charge is 0.0687 e. The van der Waals surface area contributed by atoms with Gasteiger partial charge in [-0.15, -0.1) is 0 Å². The van der Waals surface area contributed by atoms with Gasteiger partial charge in [-0.25, -0.2) is 0 Å². The molecular weight excluding hydrogens is 208 g/mol. The van der Waals surface area contributed by atoms with Gasteiger partial charge in [0.1, 0.15) is 0 Å². The van der Waals surface area contributed by atoms with E-state index in [4.69, 9.17) is 0 Å². The maximum atomic E-state index is 9.39. The summed E-state index contributed by atoms with van der Waals surface area (Å²) in [5.74, 6) is 0. The van der Waals surface area contributed by atoms with Gasteiger partial charge in [-0.1, -0.05) is 36.4 Å². The lowest BCUT2D eigenvalue weighted by Crippen LogP contribution is -1.94. The van der Waals surface area contributed by atoms with Crippen LogP contribution in [0.4, 0.5) is 0 Å². The monoisotopic (exact) mass is 226 g/mol. The zero-order chi connectivity index (χ0) is 12.4. The zero-order valence-corrected chi connectivity index (χ0v) is 10.6. The van der Waals surface area contributed by atoms with Crippen LogP contribution < -0.4 is 0 Å². The van der Waals surface area contributed by atoms with E-state index in [1.54, 1.807) is 0 Å². The van der Waals surface area contributed by atoms with E-state index in [1.165, 1.54) is 22.3 Å². The molecule has 0 fully saturated rings. The molecule has 0 aromatic heterocycles. The van der Waals surface area contributed by atoms with Crippen molar-refractivity contribution in [3.8, 4) is 11.1 Å². The van der Waals surface area contributed by atoms with E-state index in [0.29, 0.717) is 0 Å². The fraction of sp³-hybridized carbons (Fsp3) is 0.250. The summed E-state index contributed by atoms with van der Waals surface area (Å²) in [6.45, 7) is 6.51. The van der Waals surface area contributed by atoms with Crippen molar-refractivity contribution in [3.05, 3.63) is 58.7 Å². The number of aliphatic hydroxyl groups is 1. The van der Waals surface area contributed by atoms with Crippen LogP contribution in [0.3, 0.4) is 0 Å². The van der Waals surface area contributed by atoms with Gasteiger partial charge >= 0.3 is 0 Å². The molecule has 17 heavy (non-hydrogen) atoms. The molecule has 2 aromatic carbocycles. The van der Waals surface area contributed by atoms with Crippen molar-refractivity contribution in [3.63, 3.8) is 0 Å². The van der Waals surface area contributed by atoms with Crippen LogP contribution in [0.2, 0.25) is 0 Å². The highest BCUT2D eigenvalue weighted by molar-refractivity contribution is 5.72. The first-order valence-corrected chi connectivity index (χ1v) is 5.91. The van der Waals surface area contributed by atoms with Crippen molar-refractivity contribution in [2.75, 3.05) is 0 Å². The van der Waals surface area contributed by atoms with Crippen LogP contribution >= 0.6 is 0 Å². The van der Waals surface area contributed by atoms with Gasteiger partial charge < -0.3 is 5.11 Å². The lowest BCUT2D eigenvalue weighted by Gasteiger charge is -2.14. The summed E-state index contributed by atoms with van der Waals surface area (Å²) < 4.78 is 0. The van der Waals surface area contributed by atoms with Crippen LogP contribution in [0, 0.1) is 20.8 Å². The molecule has 0 amide bonds. The number of aryl methyl sites for hydroxylation is 1. The van der Waals surface area contributed by atoms with Crippen molar-refractivity contribution in [2.45, 2.75) is 27.4 Å². The molecule has 0 unspecified atom stereocenters. The van der Waals surface area contributed by atoms with Crippen molar-refractivity contribution in [1.29, 1.82) is 0 Å². The molecule has 0 saturated heterocycles. The molecule has 88 valence electrons. The van der Waals surface area contributed by atoms with Crippen LogP contribution in [0.15, 0.2) is 36.4 Å². The first kappa shape index (κ1) is 11.9. The quantitative estimate of drug-likeness (QED) is 0.826. The molecule has 0 spiro atoms. The molecule has 0 heterocycles. The molecule has 1 heteroatoms. The second kappa shape index (κ2) is 4.72. The van der Waals surface area contributed by atoms with Gasteiger partial charge in [0.2, 0.25) is 0 Å². The lowest BCUT2D eigenvalue weighted by molar-refractivity contribution is 0.282. The van der Waals surface area contributed by atoms with Gasteiger partial charge in [-0.3, -0.25) is 0 Å². The highest BCUT2D eigenvalue weighted by Crippen LogP contribution is 2.29. The molecule has 0 bridgehead atoms. The van der Waals surface area contributed by atoms with Crippen LogP contribution in [0.25, 0.3) is 11.1 Å². The maximum absolute atomic E-state index is 9.39. The lowest BCUT2D eigenvalue weighted by atomic mass is 9.92. The first-order chi connectivity index (χ1) is 8.15. The fourth-order valence-electron chi connectivity index (χ4n) is 2.17. The molecular formula is C16H18O. The number of benzene rings is 2. The third-order valence-electron chi connectivity index (χ3n) is 3.54. The Kier molecular flexibility index (Phi) is 3.30. The number of aliphatic hydroxyl groups excluding tert-OH is 1. The maximum Gasteiger partial charge on any atom is 0.0687 e. The third kappa shape index (κ3) is 2.11. The third-order valence-corrected chi connectivity index (χ3v) is 3.54. The van der Waals surface area contributed by atoms with Gasteiger partial charge in [0.25, 0.3) is 0 Å². The molecule has 0 saturated carbocycles. The zero-order valence-electron chi connectivity index (χ0n) is 10.6. The molecule has 0 aliphatic rings. The van der Waals surface area contributed by atoms with E-state index in [1.807, 2.05) is 18.2 Å². The summed E-state index contributed by atoms with van der Waals surface area (Å²) in [4.78, 5) is 0. The topological polar surface area (TPSA) is 20.2 Å². The van der Waals surface area contributed by atoms with E-state index in [-0.39, 0.29) is 6.61 Å². The Morgan fingerprint density at radius 3 is 2.24 bits per heavy atom. The Morgan fingerprint density at radius 1 is 0.824 bits per heavy atom. The largest absolute Gasteiger partial charge is 0.392 e. The molecule has 0 atom stereocenters. The van der Waals surface area contributed by atoms with Crippen LogP contribution in [-0.2, 0) is 6.61 Å². The average molecular weight is 226 g/mol. The first-order valence-electron chi connectivity index (χ1n) is 5.91. The summed E-state index contributed by atoms with van der Waals surface area (Å²) in [5.41, 5.74) is 7.28. The summed E-state index contributed by atoms with van der Waals surface area (Å²) in [6, 6.07) is 12.3. The number of rotatable bonds is 2. The normalized spacial score (nSPS) is 10.6. The van der Waals surface area contributed by atoms with Crippen LogP contribution in [0.5, 0.6) is 0 Å². The minimum atomic E-state index is 0.0859. The van der Waals surface area contributed by atoms with Crippen LogP contribution in [0.1, 0.15) is 22.3 Å². The molecule has 2 aromatic rings. The second-order valence-corrected chi connectivity index (χ2v) is 4.50. The summed E-state index contributed by atoms with van der Waals surface area (Å²) in [7, 11) is 0.